The van der Waals surface area contributed by atoms with Gasteiger partial charge in [0.15, 0.2) is 0 Å². The lowest BCUT2D eigenvalue weighted by atomic mass is 9.72. The summed E-state index contributed by atoms with van der Waals surface area (Å²) in [7, 11) is 5.67. The number of fused-ring (bicyclic) bond motifs is 2. The minimum absolute atomic E-state index is 0.0762. The molecular formula is C31H33N7O3. The fourth-order valence-electron chi connectivity index (χ4n) is 6.93. The van der Waals surface area contributed by atoms with Crippen molar-refractivity contribution in [1.82, 2.24) is 19.8 Å². The van der Waals surface area contributed by atoms with E-state index in [2.05, 4.69) is 44.3 Å². The van der Waals surface area contributed by atoms with Crippen molar-refractivity contribution in [2.24, 2.45) is 5.41 Å². The van der Waals surface area contributed by atoms with Crippen LogP contribution in [0.2, 0.25) is 0 Å². The summed E-state index contributed by atoms with van der Waals surface area (Å²) in [6.45, 7) is 4.46. The Morgan fingerprint density at radius 2 is 1.83 bits per heavy atom. The number of methoxy groups -OCH3 is 1. The Hall–Kier alpha value is -4.36. The molecule has 7 rings (SSSR count). The minimum Gasteiger partial charge on any atom is -0.494 e. The molecular weight excluding hydrogens is 518 g/mol. The van der Waals surface area contributed by atoms with E-state index in [1.807, 2.05) is 31.3 Å². The number of piperidine rings is 1. The zero-order valence-electron chi connectivity index (χ0n) is 23.6. The number of benzene rings is 2. The maximum Gasteiger partial charge on any atom is 0.258 e. The smallest absolute Gasteiger partial charge is 0.258 e. The molecule has 1 saturated carbocycles. The molecule has 0 bridgehead atoms. The number of anilines is 3. The van der Waals surface area contributed by atoms with Crippen molar-refractivity contribution in [2.75, 3.05) is 57.6 Å². The zero-order chi connectivity index (χ0) is 28.4. The van der Waals surface area contributed by atoms with Gasteiger partial charge in [-0.2, -0.15) is 10.2 Å². The van der Waals surface area contributed by atoms with Gasteiger partial charge in [-0.1, -0.05) is 12.1 Å². The third-order valence-electron chi connectivity index (χ3n) is 9.32. The molecule has 4 aliphatic rings. The largest absolute Gasteiger partial charge is 0.494 e. The zero-order valence-corrected chi connectivity index (χ0v) is 23.6. The fourth-order valence-corrected chi connectivity index (χ4v) is 6.93. The molecule has 10 heteroatoms. The van der Waals surface area contributed by atoms with Gasteiger partial charge in [0.2, 0.25) is 11.8 Å². The van der Waals surface area contributed by atoms with Gasteiger partial charge in [0.05, 0.1) is 30.1 Å². The molecule has 1 aliphatic carbocycles. The maximum atomic E-state index is 13.1. The van der Waals surface area contributed by atoms with E-state index in [1.165, 1.54) is 32.1 Å². The van der Waals surface area contributed by atoms with Crippen LogP contribution in [0.25, 0.3) is 0 Å². The number of likely N-dealkylation sites (tertiary alicyclic amines) is 1. The maximum absolute atomic E-state index is 13.1. The van der Waals surface area contributed by atoms with Gasteiger partial charge in [0, 0.05) is 45.0 Å². The molecule has 0 atom stereocenters. The first kappa shape index (κ1) is 25.6. The van der Waals surface area contributed by atoms with Crippen LogP contribution in [-0.4, -0.2) is 73.1 Å². The number of hydrogen-bond acceptors (Lipinski definition) is 9. The van der Waals surface area contributed by atoms with Gasteiger partial charge in [0.1, 0.15) is 23.1 Å². The highest BCUT2D eigenvalue weighted by Gasteiger charge is 2.57. The molecule has 210 valence electrons. The van der Waals surface area contributed by atoms with E-state index < -0.39 is 0 Å². The molecule has 0 unspecified atom stereocenters. The molecule has 3 aliphatic heterocycles. The van der Waals surface area contributed by atoms with Crippen LogP contribution >= 0.6 is 0 Å². The van der Waals surface area contributed by atoms with Crippen LogP contribution in [0.15, 0.2) is 42.6 Å². The van der Waals surface area contributed by atoms with Crippen molar-refractivity contribution in [3.63, 3.8) is 0 Å². The average molecular weight is 552 g/mol. The Kier molecular flexibility index (Phi) is 5.84. The summed E-state index contributed by atoms with van der Waals surface area (Å²) in [6.07, 6.45) is 5.71. The third-order valence-corrected chi connectivity index (χ3v) is 9.32. The molecule has 41 heavy (non-hydrogen) atoms. The second kappa shape index (κ2) is 9.35. The van der Waals surface area contributed by atoms with Gasteiger partial charge in [-0.15, -0.1) is 0 Å². The molecule has 0 radical (unpaired) electrons. The number of aromatic nitrogens is 2. The molecule has 4 heterocycles. The third kappa shape index (κ3) is 4.15. The first-order valence-electron chi connectivity index (χ1n) is 14.1. The summed E-state index contributed by atoms with van der Waals surface area (Å²) in [5.41, 5.74) is 3.78. The Labute approximate surface area is 239 Å². The molecule has 1 aromatic heterocycles. The van der Waals surface area contributed by atoms with Crippen LogP contribution < -0.4 is 19.7 Å². The first-order valence-corrected chi connectivity index (χ1v) is 14.1. The van der Waals surface area contributed by atoms with Crippen LogP contribution in [-0.2, 0) is 5.54 Å². The number of ether oxygens (including phenoxy) is 2. The number of carbonyl (C=O) groups excluding carboxylic acids is 1. The lowest BCUT2D eigenvalue weighted by molar-refractivity contribution is 0.00131. The molecule has 2 spiro atoms. The highest BCUT2D eigenvalue weighted by atomic mass is 16.5. The monoisotopic (exact) mass is 551 g/mol. The Morgan fingerprint density at radius 1 is 1.05 bits per heavy atom. The second-order valence-corrected chi connectivity index (χ2v) is 11.9. The predicted octanol–water partition coefficient (Wildman–Crippen LogP) is 4.50. The number of hydrogen-bond donors (Lipinski definition) is 1. The summed E-state index contributed by atoms with van der Waals surface area (Å²) in [4.78, 5) is 28.6. The average Bonchev–Trinajstić information content (AvgIpc) is 3.75. The van der Waals surface area contributed by atoms with Gasteiger partial charge >= 0.3 is 0 Å². The van der Waals surface area contributed by atoms with Gasteiger partial charge in [0.25, 0.3) is 5.91 Å². The standard InChI is InChI=1S/C31H33N7O3/c1-36-18-30(19-36)11-13-38(14-12-30)21-7-8-23(25(15-21)40-3)34-29-33-17-20(16-32)27(35-29)41-24-6-4-5-22-26(24)28(39)37(2)31(22)9-10-31/h4-8,15,17H,9-14,18-19H2,1-3H3,(H,33,34,35). The van der Waals surface area contributed by atoms with E-state index >= 15 is 0 Å². The Balaban J connectivity index is 1.12. The molecule has 2 aromatic carbocycles. The molecule has 10 nitrogen and oxygen atoms in total. The van der Waals surface area contributed by atoms with Crippen molar-refractivity contribution in [1.29, 1.82) is 5.26 Å². The molecule has 1 N–H and O–H groups in total. The van der Waals surface area contributed by atoms with E-state index in [1.54, 1.807) is 18.1 Å². The number of amides is 1. The Morgan fingerprint density at radius 3 is 2.51 bits per heavy atom. The summed E-state index contributed by atoms with van der Waals surface area (Å²) in [5.74, 6) is 1.33. The van der Waals surface area contributed by atoms with E-state index in [4.69, 9.17) is 9.47 Å². The number of rotatable bonds is 6. The first-order chi connectivity index (χ1) is 19.8. The molecule has 2 saturated heterocycles. The van der Waals surface area contributed by atoms with Crippen molar-refractivity contribution >= 4 is 23.2 Å². The fraction of sp³-hybridized carbons (Fsp3) is 0.419. The van der Waals surface area contributed by atoms with Crippen LogP contribution in [0.3, 0.4) is 0 Å². The van der Waals surface area contributed by atoms with Crippen LogP contribution in [0.4, 0.5) is 17.3 Å². The van der Waals surface area contributed by atoms with Crippen LogP contribution in [0.5, 0.6) is 17.4 Å². The van der Waals surface area contributed by atoms with E-state index in [9.17, 15) is 10.1 Å². The predicted molar refractivity (Wildman–Crippen MR) is 154 cm³/mol. The number of carbonyl (C=O) groups is 1. The quantitative estimate of drug-likeness (QED) is 0.474. The number of nitriles is 1. The lowest BCUT2D eigenvalue weighted by Crippen LogP contribution is -2.58. The van der Waals surface area contributed by atoms with Crippen LogP contribution in [0.1, 0.15) is 47.2 Å². The lowest BCUT2D eigenvalue weighted by Gasteiger charge is -2.53. The normalized spacial score (nSPS) is 20.0. The van der Waals surface area contributed by atoms with Crippen molar-refractivity contribution < 1.29 is 14.3 Å². The van der Waals surface area contributed by atoms with E-state index in [0.717, 1.165) is 37.2 Å². The highest BCUT2D eigenvalue weighted by molar-refractivity contribution is 6.03. The minimum atomic E-state index is -0.228. The number of nitrogens with one attached hydrogen (secondary N) is 1. The molecule has 3 fully saturated rings. The van der Waals surface area contributed by atoms with E-state index in [-0.39, 0.29) is 28.8 Å². The topological polar surface area (TPSA) is 107 Å². The summed E-state index contributed by atoms with van der Waals surface area (Å²) in [6, 6.07) is 13.8. The summed E-state index contributed by atoms with van der Waals surface area (Å²) in [5, 5.41) is 12.9. The van der Waals surface area contributed by atoms with Crippen molar-refractivity contribution in [3.8, 4) is 23.4 Å². The van der Waals surface area contributed by atoms with Gasteiger partial charge in [-0.25, -0.2) is 4.98 Å². The molecule has 1 amide bonds. The van der Waals surface area contributed by atoms with Crippen molar-refractivity contribution in [3.05, 3.63) is 59.3 Å². The summed E-state index contributed by atoms with van der Waals surface area (Å²) < 4.78 is 11.9. The Bertz CT molecular complexity index is 1580. The van der Waals surface area contributed by atoms with Crippen LogP contribution in [0, 0.1) is 16.7 Å². The second-order valence-electron chi connectivity index (χ2n) is 11.9. The molecule has 3 aromatic rings. The van der Waals surface area contributed by atoms with Gasteiger partial charge in [-0.05, 0) is 61.9 Å². The number of nitrogens with zero attached hydrogens (tertiary/aromatic N) is 6. The van der Waals surface area contributed by atoms with Crippen molar-refractivity contribution in [2.45, 2.75) is 31.2 Å². The van der Waals surface area contributed by atoms with Gasteiger partial charge < -0.3 is 29.5 Å². The summed E-state index contributed by atoms with van der Waals surface area (Å²) >= 11 is 0. The van der Waals surface area contributed by atoms with Gasteiger partial charge in [-0.3, -0.25) is 4.79 Å². The van der Waals surface area contributed by atoms with E-state index in [0.29, 0.717) is 28.2 Å². The SMILES string of the molecule is COc1cc(N2CCC3(CC2)CN(C)C3)ccc1Nc1ncc(C#N)c(Oc2cccc3c2C(=O)N(C)C32CC2)n1. The highest BCUT2D eigenvalue weighted by Crippen LogP contribution is 2.57.